The van der Waals surface area contributed by atoms with Crippen LogP contribution in [0.4, 0.5) is 0 Å². The summed E-state index contributed by atoms with van der Waals surface area (Å²) in [5.41, 5.74) is 1.30. The molecule has 3 nitrogen and oxygen atoms in total. The van der Waals surface area contributed by atoms with E-state index < -0.39 is 0 Å². The highest BCUT2D eigenvalue weighted by atomic mass is 16.3. The molecule has 1 heterocycles. The van der Waals surface area contributed by atoms with Crippen molar-refractivity contribution >= 4 is 0 Å². The molecule has 0 radical (unpaired) electrons. The highest BCUT2D eigenvalue weighted by Gasteiger charge is 2.24. The first kappa shape index (κ1) is 14.6. The fourth-order valence-electron chi connectivity index (χ4n) is 3.12. The maximum atomic E-state index is 5.71. The summed E-state index contributed by atoms with van der Waals surface area (Å²) in [5.74, 6) is 1.85. The molecule has 0 atom stereocenters. The van der Waals surface area contributed by atoms with Gasteiger partial charge in [-0.25, -0.2) is 0 Å². The predicted molar refractivity (Wildman–Crippen MR) is 79.0 cm³/mol. The van der Waals surface area contributed by atoms with E-state index in [4.69, 9.17) is 4.42 Å². The van der Waals surface area contributed by atoms with Crippen LogP contribution in [0.15, 0.2) is 16.7 Å². The fraction of sp³-hybridized carbons (Fsp3) is 0.750. The zero-order chi connectivity index (χ0) is 13.7. The summed E-state index contributed by atoms with van der Waals surface area (Å²) in [4.78, 5) is 2.63. The van der Waals surface area contributed by atoms with Crippen molar-refractivity contribution in [2.24, 2.45) is 5.92 Å². The number of furan rings is 1. The van der Waals surface area contributed by atoms with Gasteiger partial charge in [0, 0.05) is 24.7 Å². The van der Waals surface area contributed by atoms with E-state index in [0.29, 0.717) is 5.92 Å². The maximum Gasteiger partial charge on any atom is 0.122 e. The summed E-state index contributed by atoms with van der Waals surface area (Å²) in [5, 5.41) is 3.22. The van der Waals surface area contributed by atoms with Crippen molar-refractivity contribution in [3.05, 3.63) is 23.7 Å². The van der Waals surface area contributed by atoms with Crippen LogP contribution in [-0.2, 0) is 13.1 Å². The summed E-state index contributed by atoms with van der Waals surface area (Å²) in [7, 11) is 1.99. The van der Waals surface area contributed by atoms with E-state index in [1.165, 1.54) is 37.8 Å². The molecule has 19 heavy (non-hydrogen) atoms. The third-order valence-electron chi connectivity index (χ3n) is 3.99. The molecule has 1 fully saturated rings. The molecule has 0 saturated heterocycles. The molecule has 1 saturated carbocycles. The highest BCUT2D eigenvalue weighted by Crippen LogP contribution is 2.26. The number of hydrogen-bond acceptors (Lipinski definition) is 3. The van der Waals surface area contributed by atoms with Crippen LogP contribution < -0.4 is 5.32 Å². The lowest BCUT2D eigenvalue weighted by molar-refractivity contribution is 0.156. The topological polar surface area (TPSA) is 28.4 Å². The Labute approximate surface area is 117 Å². The van der Waals surface area contributed by atoms with Crippen molar-refractivity contribution in [2.45, 2.75) is 58.7 Å². The molecule has 0 bridgehead atoms. The minimum atomic E-state index is 0.711. The standard InChI is InChI=1S/C16H28N2O/c1-13(2)11-18(15-6-4-5-7-15)12-16-14(10-17-3)8-9-19-16/h8-9,13,15,17H,4-7,10-12H2,1-3H3. The number of nitrogens with one attached hydrogen (secondary N) is 1. The van der Waals surface area contributed by atoms with Crippen molar-refractivity contribution in [1.29, 1.82) is 0 Å². The molecule has 0 aromatic carbocycles. The van der Waals surface area contributed by atoms with Crippen molar-refractivity contribution in [3.63, 3.8) is 0 Å². The van der Waals surface area contributed by atoms with E-state index in [1.807, 2.05) is 13.3 Å². The maximum absolute atomic E-state index is 5.71. The zero-order valence-electron chi connectivity index (χ0n) is 12.6. The summed E-state index contributed by atoms with van der Waals surface area (Å²) in [6.45, 7) is 7.64. The van der Waals surface area contributed by atoms with E-state index in [0.717, 1.165) is 24.9 Å². The lowest BCUT2D eigenvalue weighted by atomic mass is 10.1. The lowest BCUT2D eigenvalue weighted by Crippen LogP contribution is -2.35. The minimum Gasteiger partial charge on any atom is -0.468 e. The Hall–Kier alpha value is -0.800. The molecule has 1 aliphatic carbocycles. The largest absolute Gasteiger partial charge is 0.468 e. The average molecular weight is 264 g/mol. The van der Waals surface area contributed by atoms with Gasteiger partial charge in [0.2, 0.25) is 0 Å². The first-order valence-corrected chi connectivity index (χ1v) is 7.64. The number of hydrogen-bond donors (Lipinski definition) is 1. The van der Waals surface area contributed by atoms with Crippen molar-refractivity contribution in [1.82, 2.24) is 10.2 Å². The summed E-state index contributed by atoms with van der Waals surface area (Å²) < 4.78 is 5.71. The van der Waals surface area contributed by atoms with Crippen molar-refractivity contribution in [3.8, 4) is 0 Å². The lowest BCUT2D eigenvalue weighted by Gasteiger charge is -2.29. The van der Waals surface area contributed by atoms with Crippen molar-refractivity contribution < 1.29 is 4.42 Å². The normalized spacial score (nSPS) is 16.9. The van der Waals surface area contributed by atoms with E-state index in [9.17, 15) is 0 Å². The summed E-state index contributed by atoms with van der Waals surface area (Å²) in [6.07, 6.45) is 7.31. The molecular formula is C16H28N2O. The third kappa shape index (κ3) is 4.08. The molecule has 0 spiro atoms. The summed E-state index contributed by atoms with van der Waals surface area (Å²) >= 11 is 0. The second kappa shape index (κ2) is 7.11. The van der Waals surface area contributed by atoms with Gasteiger partial charge in [-0.3, -0.25) is 4.90 Å². The minimum absolute atomic E-state index is 0.711. The van der Waals surface area contributed by atoms with Gasteiger partial charge >= 0.3 is 0 Å². The SMILES string of the molecule is CNCc1ccoc1CN(CC(C)C)C1CCCC1. The van der Waals surface area contributed by atoms with Gasteiger partial charge in [0.05, 0.1) is 12.8 Å². The Bertz CT molecular complexity index is 367. The van der Waals surface area contributed by atoms with Crippen LogP contribution in [0.3, 0.4) is 0 Å². The molecular weight excluding hydrogens is 236 g/mol. The summed E-state index contributed by atoms with van der Waals surface area (Å²) in [6, 6.07) is 2.85. The zero-order valence-corrected chi connectivity index (χ0v) is 12.6. The Morgan fingerprint density at radius 3 is 2.74 bits per heavy atom. The Kier molecular flexibility index (Phi) is 5.46. The molecule has 0 unspecified atom stereocenters. The number of rotatable bonds is 7. The third-order valence-corrected chi connectivity index (χ3v) is 3.99. The first-order valence-electron chi connectivity index (χ1n) is 7.64. The van der Waals surface area contributed by atoms with Crippen LogP contribution in [-0.4, -0.2) is 24.5 Å². The van der Waals surface area contributed by atoms with E-state index in [-0.39, 0.29) is 0 Å². The molecule has 1 N–H and O–H groups in total. The van der Waals surface area contributed by atoms with Gasteiger partial charge in [-0.05, 0) is 31.9 Å². The smallest absolute Gasteiger partial charge is 0.122 e. The van der Waals surface area contributed by atoms with Gasteiger partial charge < -0.3 is 9.73 Å². The van der Waals surface area contributed by atoms with Gasteiger partial charge in [-0.1, -0.05) is 26.7 Å². The molecule has 1 aromatic rings. The molecule has 0 aliphatic heterocycles. The van der Waals surface area contributed by atoms with Crippen LogP contribution in [0.2, 0.25) is 0 Å². The van der Waals surface area contributed by atoms with Gasteiger partial charge in [0.15, 0.2) is 0 Å². The van der Waals surface area contributed by atoms with Crippen molar-refractivity contribution in [2.75, 3.05) is 13.6 Å². The van der Waals surface area contributed by atoms with Gasteiger partial charge in [0.1, 0.15) is 5.76 Å². The Morgan fingerprint density at radius 2 is 2.11 bits per heavy atom. The first-order chi connectivity index (χ1) is 9.20. The average Bonchev–Trinajstić information content (AvgIpc) is 3.00. The fourth-order valence-corrected chi connectivity index (χ4v) is 3.12. The van der Waals surface area contributed by atoms with E-state index in [2.05, 4.69) is 30.1 Å². The van der Waals surface area contributed by atoms with Crippen LogP contribution in [0.5, 0.6) is 0 Å². The quantitative estimate of drug-likeness (QED) is 0.818. The van der Waals surface area contributed by atoms with Crippen LogP contribution in [0.1, 0.15) is 50.9 Å². The molecule has 1 aliphatic rings. The van der Waals surface area contributed by atoms with Crippen LogP contribution in [0.25, 0.3) is 0 Å². The van der Waals surface area contributed by atoms with Gasteiger partial charge in [0.25, 0.3) is 0 Å². The van der Waals surface area contributed by atoms with E-state index >= 15 is 0 Å². The molecule has 3 heteroatoms. The highest BCUT2D eigenvalue weighted by molar-refractivity contribution is 5.17. The van der Waals surface area contributed by atoms with E-state index in [1.54, 1.807) is 0 Å². The Morgan fingerprint density at radius 1 is 1.37 bits per heavy atom. The van der Waals surface area contributed by atoms with Gasteiger partial charge in [-0.2, -0.15) is 0 Å². The molecule has 1 aromatic heterocycles. The second-order valence-electron chi connectivity index (χ2n) is 6.16. The van der Waals surface area contributed by atoms with Crippen LogP contribution in [0, 0.1) is 5.92 Å². The molecule has 2 rings (SSSR count). The molecule has 0 amide bonds. The van der Waals surface area contributed by atoms with Crippen LogP contribution >= 0.6 is 0 Å². The number of nitrogens with zero attached hydrogens (tertiary/aromatic N) is 1. The Balaban J connectivity index is 2.03. The monoisotopic (exact) mass is 264 g/mol. The van der Waals surface area contributed by atoms with Gasteiger partial charge in [-0.15, -0.1) is 0 Å². The predicted octanol–water partition coefficient (Wildman–Crippen LogP) is 3.40. The molecule has 108 valence electrons. The second-order valence-corrected chi connectivity index (χ2v) is 6.16.